The SMILES string of the molecule is CN(C)C(=O)c1cc(Cn2cc(O)n(-c3ccc(OC(F)(F)F)cc3)c2=O)ccn1. The minimum atomic E-state index is -4.83. The van der Waals surface area contributed by atoms with E-state index in [1.54, 1.807) is 20.2 Å². The van der Waals surface area contributed by atoms with E-state index in [9.17, 15) is 27.9 Å². The van der Waals surface area contributed by atoms with Crippen LogP contribution in [0.2, 0.25) is 0 Å². The maximum absolute atomic E-state index is 12.7. The lowest BCUT2D eigenvalue weighted by atomic mass is 10.2. The zero-order valence-electron chi connectivity index (χ0n) is 15.9. The molecule has 0 fully saturated rings. The van der Waals surface area contributed by atoms with Crippen molar-refractivity contribution in [1.29, 1.82) is 0 Å². The third-order valence-electron chi connectivity index (χ3n) is 4.07. The highest BCUT2D eigenvalue weighted by molar-refractivity contribution is 5.92. The van der Waals surface area contributed by atoms with E-state index in [1.165, 1.54) is 40.1 Å². The number of ether oxygens (including phenoxy) is 1. The molecule has 158 valence electrons. The molecule has 0 radical (unpaired) electrons. The number of rotatable bonds is 5. The van der Waals surface area contributed by atoms with Crippen molar-refractivity contribution >= 4 is 5.91 Å². The van der Waals surface area contributed by atoms with Crippen molar-refractivity contribution in [2.75, 3.05) is 14.1 Å². The molecule has 0 bridgehead atoms. The molecule has 1 N–H and O–H groups in total. The van der Waals surface area contributed by atoms with Crippen LogP contribution in [0, 0.1) is 0 Å². The Morgan fingerprint density at radius 1 is 1.20 bits per heavy atom. The van der Waals surface area contributed by atoms with Crippen molar-refractivity contribution in [3.8, 4) is 17.3 Å². The van der Waals surface area contributed by atoms with Gasteiger partial charge in [0.05, 0.1) is 18.4 Å². The monoisotopic (exact) mass is 422 g/mol. The first-order valence-electron chi connectivity index (χ1n) is 8.59. The first-order chi connectivity index (χ1) is 14.0. The Kier molecular flexibility index (Phi) is 5.54. The molecule has 1 aromatic carbocycles. The van der Waals surface area contributed by atoms with E-state index >= 15 is 0 Å². The van der Waals surface area contributed by atoms with Gasteiger partial charge >= 0.3 is 12.1 Å². The van der Waals surface area contributed by atoms with Crippen LogP contribution in [0.15, 0.2) is 53.6 Å². The minimum Gasteiger partial charge on any atom is -0.493 e. The second-order valence-corrected chi connectivity index (χ2v) is 6.52. The molecule has 0 unspecified atom stereocenters. The van der Waals surface area contributed by atoms with Crippen LogP contribution in [0.3, 0.4) is 0 Å². The van der Waals surface area contributed by atoms with Gasteiger partial charge in [-0.1, -0.05) is 0 Å². The molecule has 1 amide bonds. The lowest BCUT2D eigenvalue weighted by Gasteiger charge is -2.10. The van der Waals surface area contributed by atoms with Crippen LogP contribution in [-0.4, -0.2) is 50.5 Å². The molecule has 8 nitrogen and oxygen atoms in total. The number of pyridine rings is 1. The fraction of sp³-hybridized carbons (Fsp3) is 0.211. The second-order valence-electron chi connectivity index (χ2n) is 6.52. The summed E-state index contributed by atoms with van der Waals surface area (Å²) in [6.45, 7) is 0.0465. The summed E-state index contributed by atoms with van der Waals surface area (Å²) in [6.07, 6.45) is -2.20. The minimum absolute atomic E-state index is 0.0465. The summed E-state index contributed by atoms with van der Waals surface area (Å²) in [5.74, 6) is -1.15. The highest BCUT2D eigenvalue weighted by Gasteiger charge is 2.31. The Hall–Kier alpha value is -3.76. The molecule has 0 atom stereocenters. The summed E-state index contributed by atoms with van der Waals surface area (Å²) in [5.41, 5.74) is 0.344. The van der Waals surface area contributed by atoms with Gasteiger partial charge < -0.3 is 14.7 Å². The number of carbonyl (C=O) groups excluding carboxylic acids is 1. The number of aromatic hydroxyl groups is 1. The molecule has 3 aromatic rings. The van der Waals surface area contributed by atoms with Gasteiger partial charge in [0, 0.05) is 20.3 Å². The number of alkyl halides is 3. The van der Waals surface area contributed by atoms with Crippen molar-refractivity contribution < 1.29 is 27.8 Å². The maximum Gasteiger partial charge on any atom is 0.573 e. The molecule has 0 aliphatic heterocycles. The van der Waals surface area contributed by atoms with Gasteiger partial charge in [-0.25, -0.2) is 9.36 Å². The fourth-order valence-corrected chi connectivity index (χ4v) is 2.75. The highest BCUT2D eigenvalue weighted by atomic mass is 19.4. The van der Waals surface area contributed by atoms with Gasteiger partial charge in [-0.15, -0.1) is 13.2 Å². The predicted octanol–water partition coefficient (Wildman–Crippen LogP) is 2.39. The van der Waals surface area contributed by atoms with E-state index in [0.29, 0.717) is 5.56 Å². The Morgan fingerprint density at radius 3 is 2.47 bits per heavy atom. The van der Waals surface area contributed by atoms with Gasteiger partial charge in [-0.3, -0.25) is 14.3 Å². The molecular weight excluding hydrogens is 405 g/mol. The first kappa shape index (κ1) is 21.0. The summed E-state index contributed by atoms with van der Waals surface area (Å²) >= 11 is 0. The number of nitrogens with zero attached hydrogens (tertiary/aromatic N) is 4. The van der Waals surface area contributed by atoms with Crippen LogP contribution in [0.5, 0.6) is 11.6 Å². The van der Waals surface area contributed by atoms with Crippen LogP contribution < -0.4 is 10.4 Å². The van der Waals surface area contributed by atoms with Crippen molar-refractivity contribution in [2.45, 2.75) is 12.9 Å². The number of amides is 1. The molecule has 30 heavy (non-hydrogen) atoms. The Balaban J connectivity index is 1.87. The molecular formula is C19H17F3N4O4. The van der Waals surface area contributed by atoms with Gasteiger partial charge in [-0.05, 0) is 42.0 Å². The van der Waals surface area contributed by atoms with Crippen molar-refractivity contribution in [1.82, 2.24) is 19.0 Å². The van der Waals surface area contributed by atoms with Gasteiger partial charge in [0.25, 0.3) is 5.91 Å². The van der Waals surface area contributed by atoms with E-state index in [0.717, 1.165) is 16.7 Å². The van der Waals surface area contributed by atoms with Crippen LogP contribution >= 0.6 is 0 Å². The normalized spacial score (nSPS) is 11.4. The Labute approximate surface area is 168 Å². The Morgan fingerprint density at radius 2 is 1.87 bits per heavy atom. The standard InChI is InChI=1S/C19H17F3N4O4/c1-24(2)17(28)15-9-12(7-8-23-15)10-25-11-16(27)26(18(25)29)13-3-5-14(6-4-13)30-19(20,21)22/h3-9,11,27H,10H2,1-2H3. The van der Waals surface area contributed by atoms with E-state index in [1.807, 2.05) is 0 Å². The lowest BCUT2D eigenvalue weighted by molar-refractivity contribution is -0.274. The molecule has 0 aliphatic rings. The van der Waals surface area contributed by atoms with Crippen LogP contribution in [0.1, 0.15) is 16.1 Å². The van der Waals surface area contributed by atoms with Crippen LogP contribution in [-0.2, 0) is 6.54 Å². The second kappa shape index (κ2) is 7.93. The third kappa shape index (κ3) is 4.62. The van der Waals surface area contributed by atoms with Gasteiger partial charge in [-0.2, -0.15) is 0 Å². The molecule has 0 saturated heterocycles. The largest absolute Gasteiger partial charge is 0.573 e. The molecule has 0 aliphatic carbocycles. The van der Waals surface area contributed by atoms with Gasteiger partial charge in [0.15, 0.2) is 0 Å². The number of benzene rings is 1. The van der Waals surface area contributed by atoms with Crippen molar-refractivity contribution in [3.63, 3.8) is 0 Å². The zero-order valence-corrected chi connectivity index (χ0v) is 15.9. The predicted molar refractivity (Wildman–Crippen MR) is 99.7 cm³/mol. The van der Waals surface area contributed by atoms with E-state index in [4.69, 9.17) is 0 Å². The topological polar surface area (TPSA) is 89.6 Å². The van der Waals surface area contributed by atoms with E-state index in [-0.39, 0.29) is 23.8 Å². The molecule has 2 aromatic heterocycles. The summed E-state index contributed by atoms with van der Waals surface area (Å²) < 4.78 is 42.8. The van der Waals surface area contributed by atoms with Crippen molar-refractivity contribution in [2.24, 2.45) is 0 Å². The number of halogens is 3. The highest BCUT2D eigenvalue weighted by Crippen LogP contribution is 2.24. The quantitative estimate of drug-likeness (QED) is 0.682. The zero-order chi connectivity index (χ0) is 22.1. The number of carbonyl (C=O) groups is 1. The van der Waals surface area contributed by atoms with Crippen LogP contribution in [0.4, 0.5) is 13.2 Å². The lowest BCUT2D eigenvalue weighted by Crippen LogP contribution is -2.24. The number of imidazole rings is 1. The molecule has 0 saturated carbocycles. The van der Waals surface area contributed by atoms with Crippen molar-refractivity contribution in [3.05, 3.63) is 70.5 Å². The maximum atomic E-state index is 12.7. The van der Waals surface area contributed by atoms with Gasteiger partial charge in [0.1, 0.15) is 11.4 Å². The average molecular weight is 422 g/mol. The summed E-state index contributed by atoms with van der Waals surface area (Å²) in [7, 11) is 3.18. The summed E-state index contributed by atoms with van der Waals surface area (Å²) in [5, 5.41) is 10.2. The van der Waals surface area contributed by atoms with E-state index in [2.05, 4.69) is 9.72 Å². The molecule has 2 heterocycles. The number of hydrogen-bond donors (Lipinski definition) is 1. The molecule has 0 spiro atoms. The third-order valence-corrected chi connectivity index (χ3v) is 4.07. The van der Waals surface area contributed by atoms with Crippen LogP contribution in [0.25, 0.3) is 5.69 Å². The smallest absolute Gasteiger partial charge is 0.493 e. The average Bonchev–Trinajstić information content (AvgIpc) is 2.94. The molecule has 3 rings (SSSR count). The van der Waals surface area contributed by atoms with E-state index < -0.39 is 23.7 Å². The fourth-order valence-electron chi connectivity index (χ4n) is 2.75. The summed E-state index contributed by atoms with van der Waals surface area (Å²) in [6, 6.07) is 7.66. The number of hydrogen-bond acceptors (Lipinski definition) is 5. The summed E-state index contributed by atoms with van der Waals surface area (Å²) in [4.78, 5) is 30.1. The number of aromatic nitrogens is 3. The van der Waals surface area contributed by atoms with Gasteiger partial charge in [0.2, 0.25) is 5.88 Å². The first-order valence-corrected chi connectivity index (χ1v) is 8.59. The Bertz CT molecular complexity index is 1120. The molecule has 11 heteroatoms.